The molecular weight excluding hydrogens is 176 g/mol. The Bertz CT molecular complexity index is 207. The normalized spacial score (nSPS) is 16.3. The van der Waals surface area contributed by atoms with E-state index in [9.17, 15) is 0 Å². The summed E-state index contributed by atoms with van der Waals surface area (Å²) in [6.45, 7) is 8.48. The zero-order chi connectivity index (χ0) is 10.3. The first kappa shape index (κ1) is 12.6. The molecule has 1 heteroatoms. The van der Waals surface area contributed by atoms with Crippen LogP contribution in [0, 0.1) is 5.92 Å². The van der Waals surface area contributed by atoms with Gasteiger partial charge in [-0.1, -0.05) is 44.2 Å². The Morgan fingerprint density at radius 2 is 1.85 bits per heavy atom. The Morgan fingerprint density at radius 3 is 2.23 bits per heavy atom. The molecule has 74 valence electrons. The molecule has 13 heavy (non-hydrogen) atoms. The quantitative estimate of drug-likeness (QED) is 0.509. The van der Waals surface area contributed by atoms with E-state index >= 15 is 0 Å². The Kier molecular flexibility index (Phi) is 6.79. The van der Waals surface area contributed by atoms with Crippen molar-refractivity contribution in [2.75, 3.05) is 0 Å². The SMILES string of the molecule is C\C=C/C=C(\C=C/C(C)S)C(C)C. The molecule has 0 aromatic heterocycles. The zero-order valence-electron chi connectivity index (χ0n) is 8.99. The lowest BCUT2D eigenvalue weighted by Crippen LogP contribution is -1.91. The highest BCUT2D eigenvalue weighted by molar-refractivity contribution is 7.81. The van der Waals surface area contributed by atoms with Gasteiger partial charge >= 0.3 is 0 Å². The minimum absolute atomic E-state index is 0.327. The molecule has 0 spiro atoms. The standard InChI is InChI=1S/C12H20S/c1-5-6-7-12(10(2)3)9-8-11(4)13/h5-11,13H,1-4H3/b6-5-,9-8-,12-7+. The summed E-state index contributed by atoms with van der Waals surface area (Å²) in [7, 11) is 0. The lowest BCUT2D eigenvalue weighted by molar-refractivity contribution is 0.791. The van der Waals surface area contributed by atoms with E-state index in [2.05, 4.69) is 57.7 Å². The second-order valence-electron chi connectivity index (χ2n) is 3.45. The molecule has 0 fully saturated rings. The van der Waals surface area contributed by atoms with Gasteiger partial charge in [0.1, 0.15) is 0 Å². The molecule has 0 rings (SSSR count). The van der Waals surface area contributed by atoms with Gasteiger partial charge in [-0.3, -0.25) is 0 Å². The van der Waals surface area contributed by atoms with Crippen LogP contribution in [0.15, 0.2) is 36.0 Å². The molecule has 1 unspecified atom stereocenters. The van der Waals surface area contributed by atoms with Gasteiger partial charge in [0.25, 0.3) is 0 Å². The number of allylic oxidation sites excluding steroid dienone is 5. The molecule has 0 heterocycles. The highest BCUT2D eigenvalue weighted by Crippen LogP contribution is 2.12. The predicted octanol–water partition coefficient (Wildman–Crippen LogP) is 4.02. The average molecular weight is 196 g/mol. The number of hydrogen-bond acceptors (Lipinski definition) is 1. The number of rotatable bonds is 4. The fourth-order valence-corrected chi connectivity index (χ4v) is 0.984. The summed E-state index contributed by atoms with van der Waals surface area (Å²) in [5.74, 6) is 0.569. The van der Waals surface area contributed by atoms with Crippen molar-refractivity contribution in [2.24, 2.45) is 5.92 Å². The first-order valence-electron chi connectivity index (χ1n) is 4.77. The fraction of sp³-hybridized carbons (Fsp3) is 0.500. The van der Waals surface area contributed by atoms with Gasteiger partial charge in [0.15, 0.2) is 0 Å². The van der Waals surface area contributed by atoms with Gasteiger partial charge in [0.2, 0.25) is 0 Å². The van der Waals surface area contributed by atoms with E-state index in [1.807, 2.05) is 13.0 Å². The van der Waals surface area contributed by atoms with Crippen molar-refractivity contribution in [1.29, 1.82) is 0 Å². The van der Waals surface area contributed by atoms with Crippen LogP contribution in [0.3, 0.4) is 0 Å². The van der Waals surface area contributed by atoms with Crippen LogP contribution in [0.4, 0.5) is 0 Å². The van der Waals surface area contributed by atoms with Gasteiger partial charge in [-0.2, -0.15) is 12.6 Å². The highest BCUT2D eigenvalue weighted by atomic mass is 32.1. The summed E-state index contributed by atoms with van der Waals surface area (Å²) >= 11 is 4.30. The predicted molar refractivity (Wildman–Crippen MR) is 65.3 cm³/mol. The third-order valence-corrected chi connectivity index (χ3v) is 1.89. The molecular formula is C12H20S. The van der Waals surface area contributed by atoms with E-state index in [1.165, 1.54) is 5.57 Å². The van der Waals surface area contributed by atoms with E-state index in [4.69, 9.17) is 0 Å². The Hall–Kier alpha value is -0.430. The lowest BCUT2D eigenvalue weighted by Gasteiger charge is -2.05. The van der Waals surface area contributed by atoms with Gasteiger partial charge in [-0.05, 0) is 25.3 Å². The van der Waals surface area contributed by atoms with Crippen molar-refractivity contribution >= 4 is 12.6 Å². The Morgan fingerprint density at radius 1 is 1.23 bits per heavy atom. The van der Waals surface area contributed by atoms with Crippen LogP contribution in [0.1, 0.15) is 27.7 Å². The van der Waals surface area contributed by atoms with E-state index in [1.54, 1.807) is 0 Å². The third kappa shape index (κ3) is 6.71. The summed E-state index contributed by atoms with van der Waals surface area (Å²) in [5.41, 5.74) is 1.35. The summed E-state index contributed by atoms with van der Waals surface area (Å²) in [6.07, 6.45) is 10.5. The van der Waals surface area contributed by atoms with Crippen LogP contribution in [-0.4, -0.2) is 5.25 Å². The Labute approximate surface area is 87.8 Å². The van der Waals surface area contributed by atoms with Crippen LogP contribution in [0.2, 0.25) is 0 Å². The second kappa shape index (κ2) is 7.02. The zero-order valence-corrected chi connectivity index (χ0v) is 9.88. The molecule has 0 amide bonds. The minimum Gasteiger partial charge on any atom is -0.172 e. The van der Waals surface area contributed by atoms with Crippen molar-refractivity contribution in [3.63, 3.8) is 0 Å². The molecule has 0 nitrogen and oxygen atoms in total. The first-order chi connectivity index (χ1) is 6.07. The first-order valence-corrected chi connectivity index (χ1v) is 5.28. The topological polar surface area (TPSA) is 0 Å². The van der Waals surface area contributed by atoms with Crippen molar-refractivity contribution in [1.82, 2.24) is 0 Å². The Balaban J connectivity index is 4.44. The minimum atomic E-state index is 0.327. The van der Waals surface area contributed by atoms with Crippen molar-refractivity contribution in [3.8, 4) is 0 Å². The largest absolute Gasteiger partial charge is 0.172 e. The number of hydrogen-bond donors (Lipinski definition) is 1. The molecule has 0 bridgehead atoms. The van der Waals surface area contributed by atoms with E-state index < -0.39 is 0 Å². The van der Waals surface area contributed by atoms with Gasteiger partial charge in [0.05, 0.1) is 0 Å². The maximum Gasteiger partial charge on any atom is 0.0171 e. The average Bonchev–Trinajstić information content (AvgIpc) is 2.03. The molecule has 0 saturated carbocycles. The van der Waals surface area contributed by atoms with Crippen molar-refractivity contribution in [3.05, 3.63) is 36.0 Å². The van der Waals surface area contributed by atoms with Gasteiger partial charge in [0, 0.05) is 5.25 Å². The van der Waals surface area contributed by atoms with Crippen LogP contribution in [0.5, 0.6) is 0 Å². The van der Waals surface area contributed by atoms with Crippen molar-refractivity contribution in [2.45, 2.75) is 32.9 Å². The van der Waals surface area contributed by atoms with Gasteiger partial charge < -0.3 is 0 Å². The molecule has 1 atom stereocenters. The van der Waals surface area contributed by atoms with Crippen LogP contribution in [-0.2, 0) is 0 Å². The van der Waals surface area contributed by atoms with E-state index in [0.717, 1.165) is 0 Å². The van der Waals surface area contributed by atoms with E-state index in [0.29, 0.717) is 11.2 Å². The number of thiol groups is 1. The maximum absolute atomic E-state index is 4.30. The summed E-state index contributed by atoms with van der Waals surface area (Å²) < 4.78 is 0. The molecule has 0 aliphatic rings. The van der Waals surface area contributed by atoms with Gasteiger partial charge in [-0.25, -0.2) is 0 Å². The second-order valence-corrected chi connectivity index (χ2v) is 4.26. The maximum atomic E-state index is 4.30. The van der Waals surface area contributed by atoms with Crippen LogP contribution < -0.4 is 0 Å². The summed E-state index contributed by atoms with van der Waals surface area (Å²) in [6, 6.07) is 0. The lowest BCUT2D eigenvalue weighted by atomic mass is 10.0. The fourth-order valence-electron chi connectivity index (χ4n) is 0.898. The third-order valence-electron chi connectivity index (χ3n) is 1.71. The monoisotopic (exact) mass is 196 g/mol. The molecule has 0 aromatic rings. The van der Waals surface area contributed by atoms with Gasteiger partial charge in [-0.15, -0.1) is 0 Å². The molecule has 0 aliphatic heterocycles. The summed E-state index contributed by atoms with van der Waals surface area (Å²) in [5, 5.41) is 0.327. The van der Waals surface area contributed by atoms with Crippen LogP contribution >= 0.6 is 12.6 Å². The molecule has 0 aliphatic carbocycles. The molecule has 0 saturated heterocycles. The van der Waals surface area contributed by atoms with E-state index in [-0.39, 0.29) is 0 Å². The smallest absolute Gasteiger partial charge is 0.0171 e. The van der Waals surface area contributed by atoms with Crippen LogP contribution in [0.25, 0.3) is 0 Å². The molecule has 0 N–H and O–H groups in total. The highest BCUT2D eigenvalue weighted by Gasteiger charge is 1.97. The van der Waals surface area contributed by atoms with Crippen molar-refractivity contribution < 1.29 is 0 Å². The summed E-state index contributed by atoms with van der Waals surface area (Å²) in [4.78, 5) is 0. The molecule has 0 aromatic carbocycles. The molecule has 0 radical (unpaired) electrons.